The van der Waals surface area contributed by atoms with E-state index in [1.165, 1.54) is 12.1 Å². The highest BCUT2D eigenvalue weighted by molar-refractivity contribution is 6.30. The second kappa shape index (κ2) is 3.16. The fourth-order valence-corrected chi connectivity index (χ4v) is 1.56. The van der Waals surface area contributed by atoms with Crippen molar-refractivity contribution in [2.45, 2.75) is 12.5 Å². The van der Waals surface area contributed by atoms with Crippen LogP contribution in [0.4, 0.5) is 4.39 Å². The van der Waals surface area contributed by atoms with Crippen molar-refractivity contribution in [3.63, 3.8) is 0 Å². The summed E-state index contributed by atoms with van der Waals surface area (Å²) in [5, 5.41) is 0.0767. The molecule has 2 rings (SSSR count). The zero-order valence-electron chi connectivity index (χ0n) is 6.89. The van der Waals surface area contributed by atoms with Crippen molar-refractivity contribution in [2.75, 3.05) is 6.61 Å². The minimum Gasteiger partial charge on any atom is -0.493 e. The average Bonchev–Trinajstić information content (AvgIpc) is 2.09. The molecule has 0 bridgehead atoms. The zero-order valence-corrected chi connectivity index (χ0v) is 7.64. The predicted octanol–water partition coefficient (Wildman–Crippen LogP) is 2.26. The number of benzene rings is 1. The summed E-state index contributed by atoms with van der Waals surface area (Å²) >= 11 is 5.60. The quantitative estimate of drug-likeness (QED) is 0.699. The first kappa shape index (κ1) is 8.78. The molecule has 13 heavy (non-hydrogen) atoms. The van der Waals surface area contributed by atoms with Crippen molar-refractivity contribution in [1.29, 1.82) is 0 Å². The number of ether oxygens (including phenoxy) is 1. The third-order valence-electron chi connectivity index (χ3n) is 2.14. The molecule has 0 amide bonds. The average molecular weight is 202 g/mol. The Bertz CT molecular complexity index is 343. The first-order valence-electron chi connectivity index (χ1n) is 4.06. The lowest BCUT2D eigenvalue weighted by Crippen LogP contribution is -2.20. The molecule has 0 aliphatic carbocycles. The molecule has 1 aliphatic heterocycles. The van der Waals surface area contributed by atoms with Crippen LogP contribution in [-0.4, -0.2) is 6.61 Å². The summed E-state index contributed by atoms with van der Waals surface area (Å²) in [6.45, 7) is 0.566. The minimum absolute atomic E-state index is 0.0767. The third kappa shape index (κ3) is 1.49. The van der Waals surface area contributed by atoms with E-state index in [9.17, 15) is 4.39 Å². The highest BCUT2D eigenvalue weighted by atomic mass is 35.5. The Morgan fingerprint density at radius 2 is 2.31 bits per heavy atom. The molecule has 0 radical (unpaired) electrons. The van der Waals surface area contributed by atoms with Crippen molar-refractivity contribution in [2.24, 2.45) is 5.73 Å². The van der Waals surface area contributed by atoms with Gasteiger partial charge in [-0.3, -0.25) is 0 Å². The van der Waals surface area contributed by atoms with E-state index >= 15 is 0 Å². The van der Waals surface area contributed by atoms with Crippen molar-refractivity contribution in [3.05, 3.63) is 28.5 Å². The molecule has 0 spiro atoms. The van der Waals surface area contributed by atoms with Gasteiger partial charge in [0.05, 0.1) is 11.6 Å². The Hall–Kier alpha value is -0.800. The molecular formula is C9H9ClFNO. The van der Waals surface area contributed by atoms with Gasteiger partial charge < -0.3 is 10.5 Å². The first-order chi connectivity index (χ1) is 6.18. The van der Waals surface area contributed by atoms with E-state index in [2.05, 4.69) is 0 Å². The van der Waals surface area contributed by atoms with Gasteiger partial charge in [-0.2, -0.15) is 0 Å². The summed E-state index contributed by atoms with van der Waals surface area (Å²) < 4.78 is 18.3. The minimum atomic E-state index is -0.443. The van der Waals surface area contributed by atoms with Crippen LogP contribution in [-0.2, 0) is 0 Å². The highest BCUT2D eigenvalue weighted by Gasteiger charge is 2.19. The summed E-state index contributed by atoms with van der Waals surface area (Å²) in [5.74, 6) is 0.159. The second-order valence-corrected chi connectivity index (χ2v) is 3.45. The molecule has 2 nitrogen and oxygen atoms in total. The van der Waals surface area contributed by atoms with Crippen molar-refractivity contribution < 1.29 is 9.13 Å². The van der Waals surface area contributed by atoms with Crippen molar-refractivity contribution in [1.82, 2.24) is 0 Å². The molecule has 2 N–H and O–H groups in total. The number of halogens is 2. The normalized spacial score (nSPS) is 20.7. The summed E-state index contributed by atoms with van der Waals surface area (Å²) in [6.07, 6.45) is 0.716. The molecule has 0 saturated heterocycles. The van der Waals surface area contributed by atoms with E-state index in [4.69, 9.17) is 22.1 Å². The van der Waals surface area contributed by atoms with Crippen LogP contribution in [0.3, 0.4) is 0 Å². The van der Waals surface area contributed by atoms with Gasteiger partial charge in [0.25, 0.3) is 0 Å². The van der Waals surface area contributed by atoms with Crippen LogP contribution < -0.4 is 10.5 Å². The Morgan fingerprint density at radius 1 is 1.54 bits per heavy atom. The van der Waals surface area contributed by atoms with Gasteiger partial charge in [-0.15, -0.1) is 0 Å². The van der Waals surface area contributed by atoms with Gasteiger partial charge in [0.1, 0.15) is 11.6 Å². The van der Waals surface area contributed by atoms with E-state index in [0.717, 1.165) is 0 Å². The monoisotopic (exact) mass is 201 g/mol. The summed E-state index contributed by atoms with van der Waals surface area (Å²) in [5.41, 5.74) is 6.48. The lowest BCUT2D eigenvalue weighted by molar-refractivity contribution is 0.268. The molecule has 4 heteroatoms. The molecule has 1 aromatic carbocycles. The molecule has 1 aromatic rings. The standard InChI is InChI=1S/C9H9ClFNO/c10-6-4-9-5(3-7(6)11)8(12)1-2-13-9/h3-4,8H,1-2,12H2/t8-/m1/s1. The number of hydrogen-bond acceptors (Lipinski definition) is 2. The summed E-state index contributed by atoms with van der Waals surface area (Å²) in [4.78, 5) is 0. The number of nitrogens with two attached hydrogens (primary N) is 1. The maximum atomic E-state index is 13.0. The fraction of sp³-hybridized carbons (Fsp3) is 0.333. The maximum Gasteiger partial charge on any atom is 0.142 e. The molecule has 70 valence electrons. The molecule has 0 fully saturated rings. The molecule has 0 unspecified atom stereocenters. The molecular weight excluding hydrogens is 193 g/mol. The van der Waals surface area contributed by atoms with Gasteiger partial charge in [-0.1, -0.05) is 11.6 Å². The van der Waals surface area contributed by atoms with E-state index < -0.39 is 5.82 Å². The fourth-order valence-electron chi connectivity index (χ4n) is 1.41. The van der Waals surface area contributed by atoms with E-state index in [1.54, 1.807) is 0 Å². The molecule has 1 heterocycles. The third-order valence-corrected chi connectivity index (χ3v) is 2.43. The Labute approximate surface area is 80.4 Å². The molecule has 0 saturated carbocycles. The van der Waals surface area contributed by atoms with Gasteiger partial charge >= 0.3 is 0 Å². The van der Waals surface area contributed by atoms with Crippen molar-refractivity contribution >= 4 is 11.6 Å². The largest absolute Gasteiger partial charge is 0.493 e. The van der Waals surface area contributed by atoms with Gasteiger partial charge in [0.2, 0.25) is 0 Å². The number of fused-ring (bicyclic) bond motifs is 1. The van der Waals surface area contributed by atoms with Gasteiger partial charge in [0, 0.05) is 24.1 Å². The van der Waals surface area contributed by atoms with Crippen LogP contribution >= 0.6 is 11.6 Å². The lowest BCUT2D eigenvalue weighted by Gasteiger charge is -2.22. The van der Waals surface area contributed by atoms with Crippen LogP contribution in [0.25, 0.3) is 0 Å². The number of rotatable bonds is 0. The van der Waals surface area contributed by atoms with Crippen LogP contribution in [0, 0.1) is 5.82 Å². The topological polar surface area (TPSA) is 35.2 Å². The van der Waals surface area contributed by atoms with E-state index in [1.807, 2.05) is 0 Å². The van der Waals surface area contributed by atoms with Crippen LogP contribution in [0.5, 0.6) is 5.75 Å². The second-order valence-electron chi connectivity index (χ2n) is 3.05. The van der Waals surface area contributed by atoms with Gasteiger partial charge in [-0.05, 0) is 6.07 Å². The van der Waals surface area contributed by atoms with Gasteiger partial charge in [0.15, 0.2) is 0 Å². The van der Waals surface area contributed by atoms with Gasteiger partial charge in [-0.25, -0.2) is 4.39 Å². The maximum absolute atomic E-state index is 13.0. The lowest BCUT2D eigenvalue weighted by atomic mass is 10.0. The summed E-state index contributed by atoms with van der Waals surface area (Å²) in [6, 6.07) is 2.68. The van der Waals surface area contributed by atoms with Crippen LogP contribution in [0.15, 0.2) is 12.1 Å². The van der Waals surface area contributed by atoms with Crippen LogP contribution in [0.1, 0.15) is 18.0 Å². The zero-order chi connectivity index (χ0) is 9.42. The van der Waals surface area contributed by atoms with Crippen LogP contribution in [0.2, 0.25) is 5.02 Å². The SMILES string of the molecule is N[C@@H]1CCOc2cc(Cl)c(F)cc21. The van der Waals surface area contributed by atoms with E-state index in [-0.39, 0.29) is 11.1 Å². The Balaban J connectivity index is 2.52. The predicted molar refractivity (Wildman–Crippen MR) is 48.5 cm³/mol. The summed E-state index contributed by atoms with van der Waals surface area (Å²) in [7, 11) is 0. The molecule has 0 aromatic heterocycles. The van der Waals surface area contributed by atoms with Crippen molar-refractivity contribution in [3.8, 4) is 5.75 Å². The highest BCUT2D eigenvalue weighted by Crippen LogP contribution is 2.34. The Morgan fingerprint density at radius 3 is 3.08 bits per heavy atom. The molecule has 1 aliphatic rings. The number of hydrogen-bond donors (Lipinski definition) is 1. The molecule has 1 atom stereocenters. The van der Waals surface area contributed by atoms with E-state index in [0.29, 0.717) is 24.3 Å². The smallest absolute Gasteiger partial charge is 0.142 e. The Kier molecular flexibility index (Phi) is 2.14. The first-order valence-corrected chi connectivity index (χ1v) is 4.43.